The summed E-state index contributed by atoms with van der Waals surface area (Å²) in [6, 6.07) is 4.85. The summed E-state index contributed by atoms with van der Waals surface area (Å²) in [6.45, 7) is 2.49. The van der Waals surface area contributed by atoms with Crippen molar-refractivity contribution in [1.29, 1.82) is 0 Å². The molecule has 5 rings (SSSR count). The molecule has 33 heavy (non-hydrogen) atoms. The van der Waals surface area contributed by atoms with E-state index in [1.807, 2.05) is 4.90 Å². The molecular weight excluding hydrogens is 437 g/mol. The van der Waals surface area contributed by atoms with Crippen LogP contribution < -0.4 is 15.1 Å². The average Bonchev–Trinajstić information content (AvgIpc) is 3.14. The number of hydrogen-bond acceptors (Lipinski definition) is 6. The number of nitrogens with zero attached hydrogens (tertiary/aromatic N) is 3. The quantitative estimate of drug-likeness (QED) is 0.682. The molecule has 1 aromatic heterocycles. The number of oxazole rings is 1. The lowest BCUT2D eigenvalue weighted by atomic mass is 9.61. The largest absolute Gasteiger partial charge is 0.425 e. The van der Waals surface area contributed by atoms with Crippen LogP contribution in [0.2, 0.25) is 0 Å². The van der Waals surface area contributed by atoms with Crippen molar-refractivity contribution in [3.05, 3.63) is 35.5 Å². The highest BCUT2D eigenvalue weighted by molar-refractivity contribution is 6.03. The summed E-state index contributed by atoms with van der Waals surface area (Å²) in [7, 11) is 1.47. The Bertz CT molecular complexity index is 1040. The normalized spacial score (nSPS) is 21.0. The Hall–Kier alpha value is -2.75. The van der Waals surface area contributed by atoms with Crippen LogP contribution in [0.15, 0.2) is 22.6 Å². The molecule has 3 heterocycles. The maximum Gasteiger partial charge on any atom is 0.298 e. The van der Waals surface area contributed by atoms with Gasteiger partial charge in [-0.1, -0.05) is 0 Å². The van der Waals surface area contributed by atoms with Gasteiger partial charge >= 0.3 is 0 Å². The fraction of sp³-hybridized carbons (Fsp3) is 0.565. The molecule has 3 aliphatic rings. The number of benzene rings is 1. The van der Waals surface area contributed by atoms with Gasteiger partial charge in [0.2, 0.25) is 5.92 Å². The highest BCUT2D eigenvalue weighted by Crippen LogP contribution is 2.57. The fourth-order valence-electron chi connectivity index (χ4n) is 5.21. The van der Waals surface area contributed by atoms with E-state index in [0.29, 0.717) is 24.5 Å². The molecule has 1 amide bonds. The van der Waals surface area contributed by atoms with E-state index in [1.165, 1.54) is 13.2 Å². The Morgan fingerprint density at radius 1 is 1.18 bits per heavy atom. The summed E-state index contributed by atoms with van der Waals surface area (Å²) in [6.07, 6.45) is 2.97. The standard InChI is InChI=1S/C23H27F3N4O3/c1-32-10-18-19(28-21(33-18)30-13-22(14-30)11-23(25,26)12-22)20(31)27-15-5-6-17(16(24)9-15)29-7-3-2-4-8-29/h5-6,9H,2-4,7-8,10-14H2,1H3,(H,27,31). The first-order valence-electron chi connectivity index (χ1n) is 11.2. The monoisotopic (exact) mass is 464 g/mol. The molecule has 7 nitrogen and oxygen atoms in total. The minimum absolute atomic E-state index is 0.0229. The third-order valence-electron chi connectivity index (χ3n) is 6.67. The van der Waals surface area contributed by atoms with Crippen molar-refractivity contribution in [2.75, 3.05) is 48.4 Å². The van der Waals surface area contributed by atoms with E-state index in [9.17, 15) is 18.0 Å². The first-order valence-corrected chi connectivity index (χ1v) is 11.2. The smallest absolute Gasteiger partial charge is 0.298 e. The first-order chi connectivity index (χ1) is 15.8. The second-order valence-electron chi connectivity index (χ2n) is 9.43. The SMILES string of the molecule is COCc1oc(N2CC3(C2)CC(F)(F)C3)nc1C(=O)Nc1ccc(N2CCCCC2)c(F)c1. The molecule has 2 aromatic rings. The van der Waals surface area contributed by atoms with Gasteiger partial charge in [-0.15, -0.1) is 0 Å². The molecule has 2 saturated heterocycles. The molecule has 0 radical (unpaired) electrons. The first kappa shape index (κ1) is 22.1. The molecule has 10 heteroatoms. The van der Waals surface area contributed by atoms with Crippen molar-refractivity contribution in [3.8, 4) is 0 Å². The summed E-state index contributed by atoms with van der Waals surface area (Å²) in [5, 5.41) is 2.67. The summed E-state index contributed by atoms with van der Waals surface area (Å²) in [4.78, 5) is 21.0. The summed E-state index contributed by atoms with van der Waals surface area (Å²) in [5.74, 6) is -3.30. The lowest BCUT2D eigenvalue weighted by Crippen LogP contribution is -2.66. The Morgan fingerprint density at radius 2 is 1.91 bits per heavy atom. The van der Waals surface area contributed by atoms with Gasteiger partial charge in [0, 0.05) is 57.2 Å². The van der Waals surface area contributed by atoms with Crippen LogP contribution in [0.3, 0.4) is 0 Å². The van der Waals surface area contributed by atoms with Gasteiger partial charge in [-0.25, -0.2) is 13.2 Å². The van der Waals surface area contributed by atoms with Crippen LogP contribution in [0.25, 0.3) is 0 Å². The van der Waals surface area contributed by atoms with Gasteiger partial charge in [-0.2, -0.15) is 4.98 Å². The molecule has 178 valence electrons. The number of carbonyl (C=O) groups is 1. The number of methoxy groups -OCH3 is 1. The van der Waals surface area contributed by atoms with Crippen molar-refractivity contribution in [2.24, 2.45) is 5.41 Å². The predicted octanol–water partition coefficient (Wildman–Crippen LogP) is 4.44. The predicted molar refractivity (Wildman–Crippen MR) is 116 cm³/mol. The van der Waals surface area contributed by atoms with E-state index in [0.717, 1.165) is 32.4 Å². The minimum atomic E-state index is -2.59. The number of rotatable bonds is 6. The molecule has 1 saturated carbocycles. The number of halogens is 3. The van der Waals surface area contributed by atoms with E-state index in [1.54, 1.807) is 17.0 Å². The molecule has 1 aliphatic carbocycles. The number of carbonyl (C=O) groups excluding carboxylic acids is 1. The van der Waals surface area contributed by atoms with E-state index in [-0.39, 0.29) is 36.9 Å². The number of piperidine rings is 1. The number of nitrogens with one attached hydrogen (secondary N) is 1. The van der Waals surface area contributed by atoms with Crippen LogP contribution in [0.5, 0.6) is 0 Å². The molecule has 0 unspecified atom stereocenters. The molecule has 2 aliphatic heterocycles. The Kier molecular flexibility index (Phi) is 5.50. The second kappa shape index (κ2) is 8.23. The number of aromatic nitrogens is 1. The third-order valence-corrected chi connectivity index (χ3v) is 6.67. The van der Waals surface area contributed by atoms with Crippen LogP contribution in [-0.4, -0.2) is 50.1 Å². The molecule has 1 aromatic carbocycles. The van der Waals surface area contributed by atoms with Crippen LogP contribution in [0.1, 0.15) is 48.4 Å². The Labute approximate surface area is 189 Å². The molecule has 0 atom stereocenters. The number of amides is 1. The van der Waals surface area contributed by atoms with Crippen molar-refractivity contribution in [2.45, 2.75) is 44.6 Å². The highest BCUT2D eigenvalue weighted by Gasteiger charge is 2.62. The lowest BCUT2D eigenvalue weighted by Gasteiger charge is -2.58. The van der Waals surface area contributed by atoms with Crippen molar-refractivity contribution in [3.63, 3.8) is 0 Å². The summed E-state index contributed by atoms with van der Waals surface area (Å²) >= 11 is 0. The van der Waals surface area contributed by atoms with Gasteiger partial charge in [0.25, 0.3) is 11.9 Å². The van der Waals surface area contributed by atoms with Gasteiger partial charge in [0.1, 0.15) is 12.4 Å². The molecule has 1 N–H and O–H groups in total. The summed E-state index contributed by atoms with van der Waals surface area (Å²) < 4.78 is 52.1. The van der Waals surface area contributed by atoms with Gasteiger partial charge < -0.3 is 24.3 Å². The summed E-state index contributed by atoms with van der Waals surface area (Å²) in [5.41, 5.74) is 0.484. The van der Waals surface area contributed by atoms with E-state index < -0.39 is 23.1 Å². The maximum absolute atomic E-state index is 14.7. The topological polar surface area (TPSA) is 70.8 Å². The molecule has 3 fully saturated rings. The third kappa shape index (κ3) is 4.28. The highest BCUT2D eigenvalue weighted by atomic mass is 19.3. The van der Waals surface area contributed by atoms with E-state index >= 15 is 0 Å². The Balaban J connectivity index is 1.28. The van der Waals surface area contributed by atoms with Gasteiger partial charge in [0.05, 0.1) is 5.69 Å². The average molecular weight is 464 g/mol. The van der Waals surface area contributed by atoms with E-state index in [4.69, 9.17) is 9.15 Å². The molecule has 1 spiro atoms. The van der Waals surface area contributed by atoms with Crippen LogP contribution >= 0.6 is 0 Å². The molecular formula is C23H27F3N4O3. The maximum atomic E-state index is 14.7. The fourth-order valence-corrected chi connectivity index (χ4v) is 5.21. The van der Waals surface area contributed by atoms with Crippen LogP contribution in [0, 0.1) is 11.2 Å². The zero-order valence-corrected chi connectivity index (χ0v) is 18.5. The van der Waals surface area contributed by atoms with Crippen molar-refractivity contribution < 1.29 is 27.1 Å². The van der Waals surface area contributed by atoms with Crippen molar-refractivity contribution >= 4 is 23.3 Å². The number of ether oxygens (including phenoxy) is 1. The van der Waals surface area contributed by atoms with E-state index in [2.05, 4.69) is 10.3 Å². The lowest BCUT2D eigenvalue weighted by molar-refractivity contribution is -0.170. The number of alkyl halides is 2. The van der Waals surface area contributed by atoms with Crippen LogP contribution in [0.4, 0.5) is 30.6 Å². The number of hydrogen-bond donors (Lipinski definition) is 1. The Morgan fingerprint density at radius 3 is 2.55 bits per heavy atom. The van der Waals surface area contributed by atoms with Gasteiger partial charge in [-0.3, -0.25) is 4.79 Å². The number of anilines is 3. The van der Waals surface area contributed by atoms with Gasteiger partial charge in [0.15, 0.2) is 11.5 Å². The van der Waals surface area contributed by atoms with Crippen LogP contribution in [-0.2, 0) is 11.3 Å². The molecule has 0 bridgehead atoms. The zero-order chi connectivity index (χ0) is 23.2. The minimum Gasteiger partial charge on any atom is -0.425 e. The zero-order valence-electron chi connectivity index (χ0n) is 18.5. The van der Waals surface area contributed by atoms with Crippen molar-refractivity contribution in [1.82, 2.24) is 4.98 Å². The van der Waals surface area contributed by atoms with Gasteiger partial charge in [-0.05, 0) is 37.5 Å². The second-order valence-corrected chi connectivity index (χ2v) is 9.43.